The third kappa shape index (κ3) is 3.03. The molecule has 2 aromatic rings. The number of sulfonamides is 1. The summed E-state index contributed by atoms with van der Waals surface area (Å²) in [5.74, 6) is 0.342. The summed E-state index contributed by atoms with van der Waals surface area (Å²) in [5, 5.41) is 2.99. The van der Waals surface area contributed by atoms with Gasteiger partial charge in [0.05, 0.1) is 0 Å². The molecule has 1 atom stereocenters. The number of hydrogen-bond donors (Lipinski definition) is 2. The van der Waals surface area contributed by atoms with E-state index in [1.807, 2.05) is 33.8 Å². The van der Waals surface area contributed by atoms with E-state index in [4.69, 9.17) is 0 Å². The van der Waals surface area contributed by atoms with Gasteiger partial charge in [-0.1, -0.05) is 26.8 Å². The Morgan fingerprint density at radius 3 is 2.52 bits per heavy atom. The van der Waals surface area contributed by atoms with E-state index in [2.05, 4.69) is 15.0 Å². The fraction of sp³-hybridized carbons (Fsp3) is 0.500. The molecule has 0 bridgehead atoms. The second kappa shape index (κ2) is 5.31. The zero-order chi connectivity index (χ0) is 15.8. The fourth-order valence-corrected chi connectivity index (χ4v) is 3.60. The Morgan fingerprint density at radius 1 is 1.29 bits per heavy atom. The van der Waals surface area contributed by atoms with Crippen molar-refractivity contribution >= 4 is 21.5 Å². The van der Waals surface area contributed by atoms with Gasteiger partial charge >= 0.3 is 0 Å². The van der Waals surface area contributed by atoms with Crippen LogP contribution in [0, 0.1) is 5.41 Å². The van der Waals surface area contributed by atoms with E-state index < -0.39 is 10.0 Å². The molecule has 1 unspecified atom stereocenters. The Bertz CT molecular complexity index is 744. The maximum Gasteiger partial charge on any atom is 0.260 e. The molecule has 0 spiro atoms. The molecule has 0 aliphatic rings. The maximum absolute atomic E-state index is 12.7. The van der Waals surface area contributed by atoms with Crippen molar-refractivity contribution in [3.8, 4) is 0 Å². The van der Waals surface area contributed by atoms with Gasteiger partial charge in [0.2, 0.25) is 0 Å². The molecule has 0 fully saturated rings. The summed E-state index contributed by atoms with van der Waals surface area (Å²) in [4.78, 5) is 4.30. The molecule has 21 heavy (non-hydrogen) atoms. The zero-order valence-electron chi connectivity index (χ0n) is 13.0. The van der Waals surface area contributed by atoms with Gasteiger partial charge in [0, 0.05) is 19.3 Å². The SMILES string of the molecule is CNc1nc2ccccn2c1S(=O)(=O)NC(C)C(C)(C)C. The van der Waals surface area contributed by atoms with Crippen molar-refractivity contribution < 1.29 is 8.42 Å². The van der Waals surface area contributed by atoms with Gasteiger partial charge < -0.3 is 5.32 Å². The van der Waals surface area contributed by atoms with Crippen molar-refractivity contribution in [2.24, 2.45) is 5.41 Å². The first kappa shape index (κ1) is 15.8. The van der Waals surface area contributed by atoms with Gasteiger partial charge in [-0.15, -0.1) is 0 Å². The summed E-state index contributed by atoms with van der Waals surface area (Å²) < 4.78 is 29.8. The van der Waals surface area contributed by atoms with Crippen LogP contribution in [0.2, 0.25) is 0 Å². The van der Waals surface area contributed by atoms with Crippen LogP contribution >= 0.6 is 0 Å². The number of aromatic nitrogens is 2. The van der Waals surface area contributed by atoms with E-state index in [9.17, 15) is 8.42 Å². The molecule has 0 aliphatic heterocycles. The van der Waals surface area contributed by atoms with Crippen LogP contribution in [0.25, 0.3) is 5.65 Å². The van der Waals surface area contributed by atoms with Crippen molar-refractivity contribution in [1.29, 1.82) is 0 Å². The molecule has 7 heteroatoms. The minimum absolute atomic E-state index is 0.136. The van der Waals surface area contributed by atoms with Crippen LogP contribution in [0.15, 0.2) is 29.4 Å². The van der Waals surface area contributed by atoms with Crippen molar-refractivity contribution in [2.45, 2.75) is 38.8 Å². The minimum Gasteiger partial charge on any atom is -0.371 e. The molecule has 6 nitrogen and oxygen atoms in total. The topological polar surface area (TPSA) is 75.5 Å². The van der Waals surface area contributed by atoms with Gasteiger partial charge in [-0.05, 0) is 24.5 Å². The highest BCUT2D eigenvalue weighted by atomic mass is 32.2. The van der Waals surface area contributed by atoms with Gasteiger partial charge in [-0.25, -0.2) is 18.1 Å². The number of pyridine rings is 1. The smallest absolute Gasteiger partial charge is 0.260 e. The lowest BCUT2D eigenvalue weighted by atomic mass is 9.89. The molecule has 0 radical (unpaired) electrons. The Labute approximate surface area is 125 Å². The van der Waals surface area contributed by atoms with Crippen LogP contribution < -0.4 is 10.0 Å². The molecular formula is C14H22N4O2S. The van der Waals surface area contributed by atoms with Gasteiger partial charge in [0.1, 0.15) is 5.65 Å². The molecule has 2 aromatic heterocycles. The number of nitrogens with one attached hydrogen (secondary N) is 2. The molecule has 116 valence electrons. The van der Waals surface area contributed by atoms with Gasteiger partial charge in [0.25, 0.3) is 10.0 Å². The monoisotopic (exact) mass is 310 g/mol. The Hall–Kier alpha value is -1.60. The second-order valence-electron chi connectivity index (χ2n) is 6.15. The molecule has 2 N–H and O–H groups in total. The van der Waals surface area contributed by atoms with Crippen molar-refractivity contribution in [1.82, 2.24) is 14.1 Å². The molecule has 2 rings (SSSR count). The van der Waals surface area contributed by atoms with Crippen molar-refractivity contribution in [3.05, 3.63) is 24.4 Å². The highest BCUT2D eigenvalue weighted by Crippen LogP contribution is 2.25. The summed E-state index contributed by atoms with van der Waals surface area (Å²) in [7, 11) is -2.02. The van der Waals surface area contributed by atoms with Crippen LogP contribution in [-0.2, 0) is 10.0 Å². The van der Waals surface area contributed by atoms with Crippen molar-refractivity contribution in [3.63, 3.8) is 0 Å². The lowest BCUT2D eigenvalue weighted by Crippen LogP contribution is -2.41. The zero-order valence-corrected chi connectivity index (χ0v) is 13.8. The lowest BCUT2D eigenvalue weighted by Gasteiger charge is -2.27. The summed E-state index contributed by atoms with van der Waals surface area (Å²) in [6.07, 6.45) is 1.69. The molecule has 0 saturated carbocycles. The minimum atomic E-state index is -3.68. The number of anilines is 1. The van der Waals surface area contributed by atoms with Crippen LogP contribution in [0.3, 0.4) is 0 Å². The first-order valence-corrected chi connectivity index (χ1v) is 8.32. The average Bonchev–Trinajstić information content (AvgIpc) is 2.76. The summed E-state index contributed by atoms with van der Waals surface area (Å²) >= 11 is 0. The molecule has 0 amide bonds. The van der Waals surface area contributed by atoms with Gasteiger partial charge in [-0.3, -0.25) is 4.40 Å². The van der Waals surface area contributed by atoms with E-state index in [0.717, 1.165) is 0 Å². The van der Waals surface area contributed by atoms with Crippen LogP contribution in [-0.4, -0.2) is 30.9 Å². The quantitative estimate of drug-likeness (QED) is 0.906. The number of imidazole rings is 1. The van der Waals surface area contributed by atoms with Gasteiger partial charge in [-0.2, -0.15) is 0 Å². The summed E-state index contributed by atoms with van der Waals surface area (Å²) in [6.45, 7) is 7.84. The standard InChI is InChI=1S/C14H22N4O2S/c1-10(14(2,3)4)17-21(19,20)13-12(15-5)16-11-8-6-7-9-18(11)13/h6-10,15,17H,1-5H3. The summed E-state index contributed by atoms with van der Waals surface area (Å²) in [5.41, 5.74) is 0.415. The molecular weight excluding hydrogens is 288 g/mol. The van der Waals surface area contributed by atoms with E-state index >= 15 is 0 Å². The van der Waals surface area contributed by atoms with Crippen LogP contribution in [0.5, 0.6) is 0 Å². The highest BCUT2D eigenvalue weighted by Gasteiger charge is 2.30. The largest absolute Gasteiger partial charge is 0.371 e. The van der Waals surface area contributed by atoms with E-state index in [1.54, 1.807) is 29.8 Å². The van der Waals surface area contributed by atoms with E-state index in [1.165, 1.54) is 0 Å². The lowest BCUT2D eigenvalue weighted by molar-refractivity contribution is 0.317. The first-order valence-electron chi connectivity index (χ1n) is 6.84. The molecule has 0 aliphatic carbocycles. The predicted molar refractivity (Wildman–Crippen MR) is 84.0 cm³/mol. The third-order valence-corrected chi connectivity index (χ3v) is 5.17. The molecule has 0 saturated heterocycles. The number of fused-ring (bicyclic) bond motifs is 1. The van der Waals surface area contributed by atoms with E-state index in [0.29, 0.717) is 11.5 Å². The highest BCUT2D eigenvalue weighted by molar-refractivity contribution is 7.89. The van der Waals surface area contributed by atoms with Crippen LogP contribution in [0.4, 0.5) is 5.82 Å². The van der Waals surface area contributed by atoms with Gasteiger partial charge in [0.15, 0.2) is 10.8 Å². The normalized spacial score (nSPS) is 14.3. The van der Waals surface area contributed by atoms with Crippen molar-refractivity contribution in [2.75, 3.05) is 12.4 Å². The third-order valence-electron chi connectivity index (χ3n) is 3.61. The number of hydrogen-bond acceptors (Lipinski definition) is 4. The second-order valence-corrected chi connectivity index (χ2v) is 7.78. The Kier molecular flexibility index (Phi) is 3.99. The average molecular weight is 310 g/mol. The number of nitrogens with zero attached hydrogens (tertiary/aromatic N) is 2. The summed E-state index contributed by atoms with van der Waals surface area (Å²) in [6, 6.07) is 5.16. The Balaban J connectivity index is 2.54. The number of rotatable bonds is 4. The Morgan fingerprint density at radius 2 is 1.95 bits per heavy atom. The molecule has 0 aromatic carbocycles. The fourth-order valence-electron chi connectivity index (χ4n) is 1.86. The molecule has 2 heterocycles. The predicted octanol–water partition coefficient (Wildman–Crippen LogP) is 2.09. The maximum atomic E-state index is 12.7. The first-order chi connectivity index (χ1) is 9.66. The van der Waals surface area contributed by atoms with E-state index in [-0.39, 0.29) is 16.5 Å². The van der Waals surface area contributed by atoms with Crippen LogP contribution in [0.1, 0.15) is 27.7 Å².